The molecule has 7 nitrogen and oxygen atoms in total. The summed E-state index contributed by atoms with van der Waals surface area (Å²) in [6, 6.07) is 13.4. The molecule has 0 aliphatic rings. The van der Waals surface area contributed by atoms with Crippen LogP contribution in [-0.2, 0) is 10.0 Å². The molecular weight excluding hydrogens is 420 g/mol. The predicted molar refractivity (Wildman–Crippen MR) is 109 cm³/mol. The van der Waals surface area contributed by atoms with E-state index in [2.05, 4.69) is 20.2 Å². The summed E-state index contributed by atoms with van der Waals surface area (Å²) in [5, 5.41) is 10.6. The van der Waals surface area contributed by atoms with Gasteiger partial charge < -0.3 is 0 Å². The lowest BCUT2D eigenvalue weighted by molar-refractivity contribution is 0.102. The lowest BCUT2D eigenvalue weighted by Gasteiger charge is -2.13. The van der Waals surface area contributed by atoms with Crippen molar-refractivity contribution in [2.24, 2.45) is 0 Å². The maximum atomic E-state index is 12.6. The van der Waals surface area contributed by atoms with Crippen molar-refractivity contribution >= 4 is 44.0 Å². The van der Waals surface area contributed by atoms with Crippen LogP contribution in [0.4, 0.5) is 5.13 Å². The largest absolute Gasteiger partial charge is 0.296 e. The lowest BCUT2D eigenvalue weighted by Crippen LogP contribution is -2.26. The Balaban J connectivity index is 1.70. The third-order valence-electron chi connectivity index (χ3n) is 3.87. The summed E-state index contributed by atoms with van der Waals surface area (Å²) >= 11 is 6.57. The fourth-order valence-corrected chi connectivity index (χ4v) is 4.61. The van der Waals surface area contributed by atoms with Gasteiger partial charge in [-0.1, -0.05) is 52.8 Å². The van der Waals surface area contributed by atoms with Crippen LogP contribution >= 0.6 is 22.9 Å². The number of carbonyl (C=O) groups excluding carboxylic acids is 1. The van der Waals surface area contributed by atoms with Gasteiger partial charge in [0.15, 0.2) is 0 Å². The second kappa shape index (κ2) is 8.36. The van der Waals surface area contributed by atoms with E-state index in [1.807, 2.05) is 31.2 Å². The number of benzene rings is 2. The van der Waals surface area contributed by atoms with Crippen LogP contribution in [0.5, 0.6) is 0 Å². The summed E-state index contributed by atoms with van der Waals surface area (Å²) in [7, 11) is -3.88. The minimum absolute atomic E-state index is 0.0864. The molecule has 3 aromatic rings. The Bertz CT molecular complexity index is 1080. The van der Waals surface area contributed by atoms with Crippen molar-refractivity contribution in [3.05, 3.63) is 70.2 Å². The number of nitrogens with one attached hydrogen (secondary N) is 2. The molecule has 1 aromatic heterocycles. The Labute approximate surface area is 171 Å². The number of amides is 1. The van der Waals surface area contributed by atoms with Crippen molar-refractivity contribution in [1.82, 2.24) is 14.9 Å². The maximum Gasteiger partial charge on any atom is 0.270 e. The van der Waals surface area contributed by atoms with Crippen LogP contribution in [0, 0.1) is 6.92 Å². The number of halogens is 1. The standard InChI is InChI=1S/C18H17ClN4O3S2/c1-11-3-5-13(6-4-11)12(2)23-28(25,26)18-22-21-17(27-18)20-16(24)14-7-9-15(19)10-8-14/h3-10,12,23H,1-2H3,(H,20,21,24)/t12-/m1/s1. The molecule has 3 rings (SSSR count). The number of hydrogen-bond acceptors (Lipinski definition) is 6. The zero-order valence-corrected chi connectivity index (χ0v) is 17.4. The average molecular weight is 437 g/mol. The van der Waals surface area contributed by atoms with E-state index in [0.717, 1.165) is 22.5 Å². The number of nitrogens with zero attached hydrogens (tertiary/aromatic N) is 2. The van der Waals surface area contributed by atoms with Gasteiger partial charge in [-0.25, -0.2) is 13.1 Å². The molecule has 146 valence electrons. The van der Waals surface area contributed by atoms with Crippen LogP contribution in [0.15, 0.2) is 52.9 Å². The summed E-state index contributed by atoms with van der Waals surface area (Å²) in [6.45, 7) is 3.70. The second-order valence-corrected chi connectivity index (χ2v) is 9.39. The number of aromatic nitrogens is 2. The number of carbonyl (C=O) groups is 1. The molecule has 0 saturated carbocycles. The monoisotopic (exact) mass is 436 g/mol. The molecule has 0 bridgehead atoms. The Kier molecular flexibility index (Phi) is 6.09. The molecule has 1 atom stereocenters. The third-order valence-corrected chi connectivity index (χ3v) is 6.87. The van der Waals surface area contributed by atoms with Crippen LogP contribution in [-0.4, -0.2) is 24.5 Å². The van der Waals surface area contributed by atoms with E-state index in [-0.39, 0.29) is 9.47 Å². The zero-order chi connectivity index (χ0) is 20.3. The minimum Gasteiger partial charge on any atom is -0.296 e. The van der Waals surface area contributed by atoms with Gasteiger partial charge in [0.05, 0.1) is 0 Å². The van der Waals surface area contributed by atoms with Crippen LogP contribution in [0.25, 0.3) is 0 Å². The molecule has 1 heterocycles. The van der Waals surface area contributed by atoms with Gasteiger partial charge in [0.2, 0.25) is 9.47 Å². The van der Waals surface area contributed by atoms with Crippen molar-refractivity contribution in [2.75, 3.05) is 5.32 Å². The van der Waals surface area contributed by atoms with Crippen molar-refractivity contribution in [3.63, 3.8) is 0 Å². The van der Waals surface area contributed by atoms with Crippen molar-refractivity contribution in [3.8, 4) is 0 Å². The van der Waals surface area contributed by atoms with Gasteiger partial charge in [-0.2, -0.15) is 0 Å². The second-order valence-electron chi connectivity index (χ2n) is 6.09. The van der Waals surface area contributed by atoms with Crippen LogP contribution in [0.1, 0.15) is 34.5 Å². The van der Waals surface area contributed by atoms with E-state index in [0.29, 0.717) is 10.6 Å². The highest BCUT2D eigenvalue weighted by Crippen LogP contribution is 2.23. The Morgan fingerprint density at radius 1 is 1.07 bits per heavy atom. The molecular formula is C18H17ClN4O3S2. The first-order valence-electron chi connectivity index (χ1n) is 8.24. The maximum absolute atomic E-state index is 12.6. The SMILES string of the molecule is Cc1ccc([C@@H](C)NS(=O)(=O)c2nnc(NC(=O)c3ccc(Cl)cc3)s2)cc1. The predicted octanol–water partition coefficient (Wildman–Crippen LogP) is 3.79. The van der Waals surface area contributed by atoms with Crippen LogP contribution in [0.2, 0.25) is 5.02 Å². The minimum atomic E-state index is -3.88. The first-order valence-corrected chi connectivity index (χ1v) is 10.9. The molecule has 10 heteroatoms. The molecule has 1 amide bonds. The topological polar surface area (TPSA) is 101 Å². The molecule has 0 fully saturated rings. The number of aryl methyl sites for hydroxylation is 1. The number of hydrogen-bond donors (Lipinski definition) is 2. The number of sulfonamides is 1. The Morgan fingerprint density at radius 3 is 2.36 bits per heavy atom. The van der Waals surface area contributed by atoms with E-state index in [1.165, 1.54) is 0 Å². The molecule has 0 radical (unpaired) electrons. The Hall–Kier alpha value is -2.33. The lowest BCUT2D eigenvalue weighted by atomic mass is 10.1. The highest BCUT2D eigenvalue weighted by molar-refractivity contribution is 7.91. The molecule has 0 unspecified atom stereocenters. The molecule has 28 heavy (non-hydrogen) atoms. The summed E-state index contributed by atoms with van der Waals surface area (Å²) in [4.78, 5) is 12.2. The van der Waals surface area contributed by atoms with Gasteiger partial charge in [0.25, 0.3) is 15.9 Å². The van der Waals surface area contributed by atoms with Gasteiger partial charge in [-0.05, 0) is 43.7 Å². The highest BCUT2D eigenvalue weighted by atomic mass is 35.5. The first kappa shape index (κ1) is 20.4. The van der Waals surface area contributed by atoms with E-state index >= 15 is 0 Å². The van der Waals surface area contributed by atoms with Gasteiger partial charge in [0.1, 0.15) is 0 Å². The summed E-state index contributed by atoms with van der Waals surface area (Å²) < 4.78 is 27.5. The van der Waals surface area contributed by atoms with Crippen LogP contribution < -0.4 is 10.0 Å². The van der Waals surface area contributed by atoms with Crippen molar-refractivity contribution < 1.29 is 13.2 Å². The normalized spacial score (nSPS) is 12.5. The van der Waals surface area contributed by atoms with Crippen LogP contribution in [0.3, 0.4) is 0 Å². The zero-order valence-electron chi connectivity index (χ0n) is 15.0. The molecule has 2 aromatic carbocycles. The quantitative estimate of drug-likeness (QED) is 0.572. The van der Waals surface area contributed by atoms with E-state index < -0.39 is 22.0 Å². The van der Waals surface area contributed by atoms with E-state index in [4.69, 9.17) is 11.6 Å². The van der Waals surface area contributed by atoms with Gasteiger partial charge in [-0.15, -0.1) is 10.2 Å². The van der Waals surface area contributed by atoms with Crippen molar-refractivity contribution in [2.45, 2.75) is 24.2 Å². The molecule has 0 spiro atoms. The molecule has 0 aliphatic carbocycles. The average Bonchev–Trinajstić information content (AvgIpc) is 3.12. The van der Waals surface area contributed by atoms with E-state index in [1.54, 1.807) is 31.2 Å². The summed E-state index contributed by atoms with van der Waals surface area (Å²) in [5.41, 5.74) is 2.29. The third kappa shape index (κ3) is 4.93. The summed E-state index contributed by atoms with van der Waals surface area (Å²) in [6.07, 6.45) is 0. The number of anilines is 1. The fraction of sp³-hybridized carbons (Fsp3) is 0.167. The van der Waals surface area contributed by atoms with Gasteiger partial charge in [0, 0.05) is 16.6 Å². The summed E-state index contributed by atoms with van der Waals surface area (Å²) in [5.74, 6) is -0.433. The van der Waals surface area contributed by atoms with E-state index in [9.17, 15) is 13.2 Å². The van der Waals surface area contributed by atoms with Crippen molar-refractivity contribution in [1.29, 1.82) is 0 Å². The first-order chi connectivity index (χ1) is 13.2. The molecule has 2 N–H and O–H groups in total. The molecule has 0 saturated heterocycles. The van der Waals surface area contributed by atoms with Gasteiger partial charge in [-0.3, -0.25) is 10.1 Å². The Morgan fingerprint density at radius 2 is 1.71 bits per heavy atom. The smallest absolute Gasteiger partial charge is 0.270 e. The fourth-order valence-electron chi connectivity index (χ4n) is 2.35. The molecule has 0 aliphatic heterocycles. The van der Waals surface area contributed by atoms with Gasteiger partial charge >= 0.3 is 0 Å². The highest BCUT2D eigenvalue weighted by Gasteiger charge is 2.23. The number of rotatable bonds is 6.